The topological polar surface area (TPSA) is 29.5 Å². The van der Waals surface area contributed by atoms with Crippen LogP contribution in [0.5, 0.6) is 0 Å². The molecule has 0 radical (unpaired) electrons. The molecule has 2 aliphatic heterocycles. The zero-order valence-electron chi connectivity index (χ0n) is 15.4. The van der Waals surface area contributed by atoms with Crippen molar-refractivity contribution in [3.05, 3.63) is 76.9 Å². The highest BCUT2D eigenvalue weighted by Gasteiger charge is 2.40. The molecule has 2 aromatic carbocycles. The molecule has 1 amide bonds. The molecule has 2 bridgehead atoms. The summed E-state index contributed by atoms with van der Waals surface area (Å²) >= 11 is 0. The normalized spacial score (nSPS) is 21.5. The van der Waals surface area contributed by atoms with Gasteiger partial charge < -0.3 is 4.74 Å². The van der Waals surface area contributed by atoms with E-state index in [0.29, 0.717) is 6.61 Å². The lowest BCUT2D eigenvalue weighted by Gasteiger charge is -2.34. The van der Waals surface area contributed by atoms with Crippen molar-refractivity contribution in [3.63, 3.8) is 0 Å². The first-order valence-corrected chi connectivity index (χ1v) is 9.40. The van der Waals surface area contributed by atoms with Gasteiger partial charge in [-0.05, 0) is 60.9 Å². The molecular weight excluding hydrogens is 322 g/mol. The largest absolute Gasteiger partial charge is 0.445 e. The summed E-state index contributed by atoms with van der Waals surface area (Å²) in [6, 6.07) is 16.7. The molecule has 2 atom stereocenters. The molecule has 0 N–H and O–H groups in total. The summed E-state index contributed by atoms with van der Waals surface area (Å²) in [5.41, 5.74) is 6.41. The van der Waals surface area contributed by atoms with Crippen LogP contribution in [0.4, 0.5) is 4.79 Å². The lowest BCUT2D eigenvalue weighted by molar-refractivity contribution is 0.0832. The highest BCUT2D eigenvalue weighted by Crippen LogP contribution is 2.40. The Morgan fingerprint density at radius 3 is 2.46 bits per heavy atom. The maximum Gasteiger partial charge on any atom is 0.410 e. The number of amides is 1. The lowest BCUT2D eigenvalue weighted by Crippen LogP contribution is -2.43. The van der Waals surface area contributed by atoms with Crippen LogP contribution in [0, 0.1) is 13.8 Å². The molecule has 0 spiro atoms. The van der Waals surface area contributed by atoms with Gasteiger partial charge in [-0.15, -0.1) is 0 Å². The van der Waals surface area contributed by atoms with Gasteiger partial charge in [-0.25, -0.2) is 4.79 Å². The van der Waals surface area contributed by atoms with Gasteiger partial charge >= 0.3 is 6.09 Å². The molecule has 1 fully saturated rings. The number of hydrogen-bond donors (Lipinski definition) is 0. The molecule has 4 rings (SSSR count). The number of carbonyl (C=O) groups excluding carboxylic acids is 1. The van der Waals surface area contributed by atoms with Crippen molar-refractivity contribution < 1.29 is 9.53 Å². The van der Waals surface area contributed by atoms with E-state index >= 15 is 0 Å². The Balaban J connectivity index is 1.51. The molecular formula is C23H25NO2. The zero-order valence-corrected chi connectivity index (χ0v) is 15.4. The standard InChI is InChI=1S/C23H25NO2/c1-16-7-6-8-17(2)22(16)19-13-20-11-12-21(14-19)24(20)23(25)26-15-18-9-4-3-5-10-18/h3-10,13,20-21H,11-12,14-15H2,1-2H3. The first-order chi connectivity index (χ1) is 12.6. The number of benzene rings is 2. The minimum atomic E-state index is -0.182. The van der Waals surface area contributed by atoms with E-state index in [4.69, 9.17) is 4.74 Å². The van der Waals surface area contributed by atoms with Crippen LogP contribution < -0.4 is 0 Å². The van der Waals surface area contributed by atoms with E-state index in [0.717, 1.165) is 24.8 Å². The highest BCUT2D eigenvalue weighted by atomic mass is 16.6. The number of nitrogens with zero attached hydrogens (tertiary/aromatic N) is 1. The van der Waals surface area contributed by atoms with E-state index < -0.39 is 0 Å². The summed E-state index contributed by atoms with van der Waals surface area (Å²) in [6.45, 7) is 4.68. The van der Waals surface area contributed by atoms with Crippen LogP contribution in [0.1, 0.15) is 41.5 Å². The molecule has 0 saturated carbocycles. The highest BCUT2D eigenvalue weighted by molar-refractivity contribution is 5.77. The third-order valence-electron chi connectivity index (χ3n) is 5.61. The molecule has 2 aliphatic rings. The molecule has 134 valence electrons. The van der Waals surface area contributed by atoms with Gasteiger partial charge in [0.2, 0.25) is 0 Å². The van der Waals surface area contributed by atoms with E-state index in [1.807, 2.05) is 35.2 Å². The van der Waals surface area contributed by atoms with Crippen molar-refractivity contribution >= 4 is 11.7 Å². The summed E-state index contributed by atoms with van der Waals surface area (Å²) in [5.74, 6) is 0. The second kappa shape index (κ2) is 6.99. The van der Waals surface area contributed by atoms with Crippen molar-refractivity contribution in [2.45, 2.75) is 51.8 Å². The Hall–Kier alpha value is -2.55. The smallest absolute Gasteiger partial charge is 0.410 e. The predicted octanol–water partition coefficient (Wildman–Crippen LogP) is 5.26. The maximum absolute atomic E-state index is 12.7. The van der Waals surface area contributed by atoms with Crippen molar-refractivity contribution in [1.29, 1.82) is 0 Å². The molecule has 1 saturated heterocycles. The fourth-order valence-electron chi connectivity index (χ4n) is 4.41. The molecule has 2 heterocycles. The van der Waals surface area contributed by atoms with Crippen LogP contribution >= 0.6 is 0 Å². The number of rotatable bonds is 3. The molecule has 26 heavy (non-hydrogen) atoms. The second-order valence-electron chi connectivity index (χ2n) is 7.41. The Bertz CT molecular complexity index is 820. The van der Waals surface area contributed by atoms with Crippen LogP contribution in [0.25, 0.3) is 5.57 Å². The fraction of sp³-hybridized carbons (Fsp3) is 0.348. The first-order valence-electron chi connectivity index (χ1n) is 9.40. The van der Waals surface area contributed by atoms with Gasteiger partial charge in [0.05, 0.1) is 6.04 Å². The van der Waals surface area contributed by atoms with Gasteiger partial charge in [-0.2, -0.15) is 0 Å². The monoisotopic (exact) mass is 347 g/mol. The lowest BCUT2D eigenvalue weighted by atomic mass is 9.89. The number of fused-ring (bicyclic) bond motifs is 2. The van der Waals surface area contributed by atoms with Gasteiger partial charge in [0.15, 0.2) is 0 Å². The van der Waals surface area contributed by atoms with Crippen LogP contribution in [0.2, 0.25) is 0 Å². The van der Waals surface area contributed by atoms with Crippen molar-refractivity contribution in [2.75, 3.05) is 0 Å². The van der Waals surface area contributed by atoms with E-state index in [9.17, 15) is 4.79 Å². The third kappa shape index (κ3) is 3.14. The molecule has 0 aliphatic carbocycles. The van der Waals surface area contributed by atoms with Crippen LogP contribution in [0.3, 0.4) is 0 Å². The minimum Gasteiger partial charge on any atom is -0.445 e. The van der Waals surface area contributed by atoms with Gasteiger partial charge in [0.25, 0.3) is 0 Å². The molecule has 2 unspecified atom stereocenters. The number of ether oxygens (including phenoxy) is 1. The van der Waals surface area contributed by atoms with Crippen molar-refractivity contribution in [1.82, 2.24) is 4.90 Å². The molecule has 2 aromatic rings. The number of aryl methyl sites for hydroxylation is 2. The third-order valence-corrected chi connectivity index (χ3v) is 5.61. The number of hydrogen-bond acceptors (Lipinski definition) is 2. The van der Waals surface area contributed by atoms with Crippen LogP contribution in [-0.4, -0.2) is 23.1 Å². The molecule has 3 nitrogen and oxygen atoms in total. The van der Waals surface area contributed by atoms with Gasteiger partial charge in [-0.1, -0.05) is 54.6 Å². The van der Waals surface area contributed by atoms with Crippen LogP contribution in [0.15, 0.2) is 54.6 Å². The van der Waals surface area contributed by atoms with Crippen molar-refractivity contribution in [3.8, 4) is 0 Å². The fourth-order valence-corrected chi connectivity index (χ4v) is 4.41. The van der Waals surface area contributed by atoms with Gasteiger partial charge in [0.1, 0.15) is 6.61 Å². The van der Waals surface area contributed by atoms with Crippen LogP contribution in [-0.2, 0) is 11.3 Å². The summed E-state index contributed by atoms with van der Waals surface area (Å²) in [7, 11) is 0. The quantitative estimate of drug-likeness (QED) is 0.758. The van der Waals surface area contributed by atoms with E-state index in [1.54, 1.807) is 0 Å². The van der Waals surface area contributed by atoms with E-state index in [-0.39, 0.29) is 18.2 Å². The van der Waals surface area contributed by atoms with Gasteiger partial charge in [0, 0.05) is 6.04 Å². The Labute approximate surface area is 155 Å². The SMILES string of the molecule is Cc1cccc(C)c1C1=CC2CCC(C1)N2C(=O)OCc1ccccc1. The summed E-state index contributed by atoms with van der Waals surface area (Å²) < 4.78 is 5.59. The summed E-state index contributed by atoms with van der Waals surface area (Å²) in [6.07, 6.45) is 5.11. The van der Waals surface area contributed by atoms with Gasteiger partial charge in [-0.3, -0.25) is 4.90 Å². The second-order valence-corrected chi connectivity index (χ2v) is 7.41. The van der Waals surface area contributed by atoms with E-state index in [1.165, 1.54) is 22.3 Å². The molecule has 0 aromatic heterocycles. The Kier molecular flexibility index (Phi) is 4.54. The maximum atomic E-state index is 12.7. The molecule has 3 heteroatoms. The predicted molar refractivity (Wildman–Crippen MR) is 104 cm³/mol. The average Bonchev–Trinajstić information content (AvgIpc) is 2.91. The zero-order chi connectivity index (χ0) is 18.1. The summed E-state index contributed by atoms with van der Waals surface area (Å²) in [5, 5.41) is 0. The average molecular weight is 347 g/mol. The van der Waals surface area contributed by atoms with Crippen molar-refractivity contribution in [2.24, 2.45) is 0 Å². The van der Waals surface area contributed by atoms with E-state index in [2.05, 4.69) is 38.1 Å². The Morgan fingerprint density at radius 2 is 1.77 bits per heavy atom. The summed E-state index contributed by atoms with van der Waals surface area (Å²) in [4.78, 5) is 14.6. The number of carbonyl (C=O) groups is 1. The Morgan fingerprint density at radius 1 is 1.04 bits per heavy atom. The minimum absolute atomic E-state index is 0.158. The first kappa shape index (κ1) is 16.9.